The molecule has 0 aromatic carbocycles. The lowest BCUT2D eigenvalue weighted by Crippen LogP contribution is -2.29. The number of hydrogen-bond acceptors (Lipinski definition) is 3. The third kappa shape index (κ3) is 5.29. The highest BCUT2D eigenvalue weighted by Crippen LogP contribution is 2.62. The van der Waals surface area contributed by atoms with E-state index in [4.69, 9.17) is 0 Å². The summed E-state index contributed by atoms with van der Waals surface area (Å²) in [6.07, 6.45) is 16.1. The summed E-state index contributed by atoms with van der Waals surface area (Å²) >= 11 is 1.88. The van der Waals surface area contributed by atoms with Gasteiger partial charge >= 0.3 is 0 Å². The van der Waals surface area contributed by atoms with Gasteiger partial charge in [-0.2, -0.15) is 11.8 Å². The van der Waals surface area contributed by atoms with Crippen molar-refractivity contribution >= 4 is 18.9 Å². The van der Waals surface area contributed by atoms with Crippen LogP contribution in [0.25, 0.3) is 0 Å². The van der Waals surface area contributed by atoms with Gasteiger partial charge in [-0.25, -0.2) is 0 Å². The zero-order valence-corrected chi connectivity index (χ0v) is 15.5. The fraction of sp³-hybridized carbons (Fsp3) is 1.00. The van der Waals surface area contributed by atoms with Crippen LogP contribution in [0.5, 0.6) is 0 Å². The molecule has 0 atom stereocenters. The quantitative estimate of drug-likeness (QED) is 0.503. The van der Waals surface area contributed by atoms with Crippen molar-refractivity contribution in [2.75, 3.05) is 31.3 Å². The minimum atomic E-state index is -1.99. The molecule has 0 aromatic rings. The summed E-state index contributed by atoms with van der Waals surface area (Å²) in [6.45, 7) is 2.04. The summed E-state index contributed by atoms with van der Waals surface area (Å²) in [5, 5.41) is 3.53. The van der Waals surface area contributed by atoms with Gasteiger partial charge < -0.3 is 9.88 Å². The van der Waals surface area contributed by atoms with Crippen LogP contribution < -0.4 is 5.32 Å². The van der Waals surface area contributed by atoms with Crippen molar-refractivity contribution in [1.29, 1.82) is 0 Å². The number of rotatable bonds is 8. The summed E-state index contributed by atoms with van der Waals surface area (Å²) in [5.41, 5.74) is 1.13. The molecule has 0 aliphatic heterocycles. The Labute approximate surface area is 136 Å². The van der Waals surface area contributed by atoms with Crippen LogP contribution in [-0.2, 0) is 4.57 Å². The van der Waals surface area contributed by atoms with Gasteiger partial charge in [-0.05, 0) is 31.9 Å². The molecule has 2 fully saturated rings. The average molecular weight is 332 g/mol. The van der Waals surface area contributed by atoms with E-state index >= 15 is 0 Å². The standard InChI is InChI=1S/C17H34NOPS/c1-21-15-13-18-12-14-20(19,16-8-4-2-5-9-16)17-10-6-3-7-11-17/h16-18H,2-15H2,1H3. The molecule has 0 aromatic heterocycles. The second-order valence-electron chi connectivity index (χ2n) is 6.90. The minimum Gasteiger partial charge on any atom is -0.323 e. The molecule has 2 rings (SSSR count). The molecule has 21 heavy (non-hydrogen) atoms. The highest BCUT2D eigenvalue weighted by Gasteiger charge is 2.40. The van der Waals surface area contributed by atoms with Gasteiger partial charge in [0.2, 0.25) is 0 Å². The molecule has 1 N–H and O–H groups in total. The Balaban J connectivity index is 1.93. The highest BCUT2D eigenvalue weighted by molar-refractivity contribution is 7.98. The molecule has 124 valence electrons. The number of hydrogen-bond donors (Lipinski definition) is 1. The normalized spacial score (nSPS) is 22.5. The molecule has 0 radical (unpaired) electrons. The Bertz CT molecular complexity index is 303. The van der Waals surface area contributed by atoms with Crippen molar-refractivity contribution in [3.63, 3.8) is 0 Å². The van der Waals surface area contributed by atoms with Crippen LogP contribution in [0.3, 0.4) is 0 Å². The molecule has 4 heteroatoms. The predicted octanol–water partition coefficient (Wildman–Crippen LogP) is 4.97. The van der Waals surface area contributed by atoms with Crippen LogP contribution in [-0.4, -0.2) is 42.6 Å². The van der Waals surface area contributed by atoms with E-state index in [2.05, 4.69) is 11.6 Å². The SMILES string of the molecule is CSCCNCCP(=O)(C1CCCCC1)C1CCCCC1. The second-order valence-corrected chi connectivity index (χ2v) is 11.5. The molecule has 0 saturated heterocycles. The fourth-order valence-electron chi connectivity index (χ4n) is 4.25. The van der Waals surface area contributed by atoms with Gasteiger partial charge in [0.15, 0.2) is 0 Å². The lowest BCUT2D eigenvalue weighted by atomic mass is 9.99. The highest BCUT2D eigenvalue weighted by atomic mass is 32.2. The molecule has 2 aliphatic carbocycles. The topological polar surface area (TPSA) is 29.1 Å². The molecule has 0 spiro atoms. The minimum absolute atomic E-state index is 0.566. The van der Waals surface area contributed by atoms with Crippen LogP contribution in [0.1, 0.15) is 64.2 Å². The van der Waals surface area contributed by atoms with E-state index in [-0.39, 0.29) is 0 Å². The maximum absolute atomic E-state index is 13.9. The van der Waals surface area contributed by atoms with Gasteiger partial charge in [0.1, 0.15) is 0 Å². The van der Waals surface area contributed by atoms with Crippen LogP contribution in [0, 0.1) is 0 Å². The Morgan fingerprint density at radius 1 is 0.905 bits per heavy atom. The third-order valence-electron chi connectivity index (χ3n) is 5.51. The van der Waals surface area contributed by atoms with Crippen molar-refractivity contribution in [1.82, 2.24) is 5.32 Å². The fourth-order valence-corrected chi connectivity index (χ4v) is 8.91. The third-order valence-corrected chi connectivity index (χ3v) is 10.5. The Kier molecular flexibility index (Phi) is 8.20. The zero-order chi connectivity index (χ0) is 15.0. The molecule has 2 nitrogen and oxygen atoms in total. The summed E-state index contributed by atoms with van der Waals surface area (Å²) < 4.78 is 13.9. The first-order valence-corrected chi connectivity index (χ1v) is 12.5. The number of thioether (sulfide) groups is 1. The molecule has 2 saturated carbocycles. The second kappa shape index (κ2) is 9.63. The average Bonchev–Trinajstić information content (AvgIpc) is 2.56. The largest absolute Gasteiger partial charge is 0.323 e. The van der Waals surface area contributed by atoms with Gasteiger partial charge in [0.25, 0.3) is 0 Å². The van der Waals surface area contributed by atoms with Crippen molar-refractivity contribution in [3.05, 3.63) is 0 Å². The van der Waals surface area contributed by atoms with E-state index in [1.165, 1.54) is 64.2 Å². The van der Waals surface area contributed by atoms with Gasteiger partial charge in [-0.3, -0.25) is 0 Å². The van der Waals surface area contributed by atoms with Crippen LogP contribution in [0.15, 0.2) is 0 Å². The maximum atomic E-state index is 13.9. The molecular formula is C17H34NOPS. The Morgan fingerprint density at radius 3 is 1.90 bits per heavy atom. The molecular weight excluding hydrogens is 297 g/mol. The Hall–Kier alpha value is 0.540. The van der Waals surface area contributed by atoms with E-state index < -0.39 is 7.14 Å². The smallest absolute Gasteiger partial charge is 0.0948 e. The van der Waals surface area contributed by atoms with Gasteiger partial charge in [0.05, 0.1) is 7.14 Å². The van der Waals surface area contributed by atoms with Crippen LogP contribution >= 0.6 is 18.9 Å². The summed E-state index contributed by atoms with van der Waals surface area (Å²) in [4.78, 5) is 0. The molecule has 0 heterocycles. The van der Waals surface area contributed by atoms with Crippen molar-refractivity contribution in [2.45, 2.75) is 75.5 Å². The first-order valence-electron chi connectivity index (χ1n) is 9.05. The predicted molar refractivity (Wildman–Crippen MR) is 97.5 cm³/mol. The molecule has 0 bridgehead atoms. The van der Waals surface area contributed by atoms with Crippen LogP contribution in [0.2, 0.25) is 0 Å². The maximum Gasteiger partial charge on any atom is 0.0948 e. The van der Waals surface area contributed by atoms with Gasteiger partial charge in [-0.1, -0.05) is 38.5 Å². The lowest BCUT2D eigenvalue weighted by molar-refractivity contribution is 0.446. The van der Waals surface area contributed by atoms with E-state index in [0.29, 0.717) is 11.3 Å². The van der Waals surface area contributed by atoms with Crippen molar-refractivity contribution in [3.8, 4) is 0 Å². The molecule has 2 aliphatic rings. The van der Waals surface area contributed by atoms with Crippen molar-refractivity contribution < 1.29 is 4.57 Å². The lowest BCUT2D eigenvalue weighted by Gasteiger charge is -2.38. The van der Waals surface area contributed by atoms with E-state index in [9.17, 15) is 4.57 Å². The summed E-state index contributed by atoms with van der Waals surface area (Å²) in [7, 11) is -1.99. The van der Waals surface area contributed by atoms with Crippen molar-refractivity contribution in [2.24, 2.45) is 0 Å². The van der Waals surface area contributed by atoms with Crippen LogP contribution in [0.4, 0.5) is 0 Å². The molecule has 0 amide bonds. The summed E-state index contributed by atoms with van der Waals surface area (Å²) in [5.74, 6) is 1.16. The number of nitrogens with one attached hydrogen (secondary N) is 1. The molecule has 0 unspecified atom stereocenters. The van der Waals surface area contributed by atoms with E-state index in [1.807, 2.05) is 11.8 Å². The van der Waals surface area contributed by atoms with Gasteiger partial charge in [-0.15, -0.1) is 0 Å². The van der Waals surface area contributed by atoms with Gasteiger partial charge in [0, 0.05) is 36.3 Å². The first kappa shape index (κ1) is 17.9. The van der Waals surface area contributed by atoms with E-state index in [0.717, 1.165) is 25.0 Å². The van der Waals surface area contributed by atoms with E-state index in [1.54, 1.807) is 0 Å². The first-order chi connectivity index (χ1) is 10.3. The Morgan fingerprint density at radius 2 is 1.43 bits per heavy atom. The zero-order valence-electron chi connectivity index (χ0n) is 13.8. The monoisotopic (exact) mass is 331 g/mol. The summed E-state index contributed by atoms with van der Waals surface area (Å²) in [6, 6.07) is 0.